The fraction of sp³-hybridized carbons (Fsp3) is 0.455. The third-order valence-corrected chi connectivity index (χ3v) is 1.77. The van der Waals surface area contributed by atoms with Gasteiger partial charge in [-0.25, -0.2) is 4.39 Å². The van der Waals surface area contributed by atoms with Crippen LogP contribution in [0.3, 0.4) is 0 Å². The van der Waals surface area contributed by atoms with Gasteiger partial charge in [0.05, 0.1) is 0 Å². The highest BCUT2D eigenvalue weighted by Gasteiger charge is 2.09. The molecule has 1 nitrogen and oxygen atoms in total. The Labute approximate surface area is 79.0 Å². The molecular weight excluding hydrogens is 165 g/mol. The van der Waals surface area contributed by atoms with E-state index in [4.69, 9.17) is 0 Å². The Balaban J connectivity index is 2.60. The van der Waals surface area contributed by atoms with E-state index in [1.807, 2.05) is 6.07 Å². The molecule has 0 atom stereocenters. The van der Waals surface area contributed by atoms with Crippen molar-refractivity contribution in [3.63, 3.8) is 0 Å². The summed E-state index contributed by atoms with van der Waals surface area (Å²) in [5.74, 6) is -0.140. The Morgan fingerprint density at radius 3 is 2.38 bits per heavy atom. The molecule has 2 heteroatoms. The zero-order valence-electron chi connectivity index (χ0n) is 8.39. The molecule has 0 bridgehead atoms. The van der Waals surface area contributed by atoms with Gasteiger partial charge in [0.25, 0.3) is 0 Å². The van der Waals surface area contributed by atoms with Crippen molar-refractivity contribution < 1.29 is 4.39 Å². The van der Waals surface area contributed by atoms with Crippen molar-refractivity contribution in [1.29, 1.82) is 0 Å². The second kappa shape index (κ2) is 3.88. The van der Waals surface area contributed by atoms with Gasteiger partial charge in [-0.3, -0.25) is 0 Å². The van der Waals surface area contributed by atoms with Gasteiger partial charge in [-0.1, -0.05) is 18.2 Å². The monoisotopic (exact) mass is 181 g/mol. The molecule has 0 unspecified atom stereocenters. The Hall–Kier alpha value is -0.890. The first kappa shape index (κ1) is 10.2. The summed E-state index contributed by atoms with van der Waals surface area (Å²) in [6, 6.07) is 6.84. The van der Waals surface area contributed by atoms with Gasteiger partial charge in [-0.05, 0) is 26.8 Å². The van der Waals surface area contributed by atoms with E-state index in [9.17, 15) is 4.39 Å². The number of nitrogens with one attached hydrogen (secondary N) is 1. The summed E-state index contributed by atoms with van der Waals surface area (Å²) in [6.07, 6.45) is 0. The Morgan fingerprint density at radius 2 is 1.85 bits per heavy atom. The van der Waals surface area contributed by atoms with Gasteiger partial charge in [0.2, 0.25) is 0 Å². The molecule has 0 heterocycles. The predicted molar refractivity (Wildman–Crippen MR) is 53.0 cm³/mol. The Kier molecular flexibility index (Phi) is 3.04. The molecule has 0 saturated carbocycles. The highest BCUT2D eigenvalue weighted by Crippen LogP contribution is 2.08. The molecule has 72 valence electrons. The van der Waals surface area contributed by atoms with Crippen LogP contribution in [0.25, 0.3) is 0 Å². The van der Waals surface area contributed by atoms with Crippen molar-refractivity contribution in [3.8, 4) is 0 Å². The number of hydrogen-bond acceptors (Lipinski definition) is 1. The third kappa shape index (κ3) is 3.55. The topological polar surface area (TPSA) is 12.0 Å². The molecule has 1 rings (SSSR count). The lowest BCUT2D eigenvalue weighted by Crippen LogP contribution is -2.35. The first-order chi connectivity index (χ1) is 5.99. The van der Waals surface area contributed by atoms with E-state index >= 15 is 0 Å². The summed E-state index contributed by atoms with van der Waals surface area (Å²) < 4.78 is 13.1. The average molecular weight is 181 g/mol. The van der Waals surface area contributed by atoms with Crippen molar-refractivity contribution >= 4 is 0 Å². The standard InChI is InChI=1S/C11H16FN/c1-11(2,3)13-8-9-6-4-5-7-10(9)12/h4-7,13H,8H2,1-3H3. The van der Waals surface area contributed by atoms with Crippen LogP contribution in [-0.2, 0) is 6.54 Å². The highest BCUT2D eigenvalue weighted by atomic mass is 19.1. The zero-order valence-corrected chi connectivity index (χ0v) is 8.39. The number of rotatable bonds is 2. The second-order valence-corrected chi connectivity index (χ2v) is 4.19. The highest BCUT2D eigenvalue weighted by molar-refractivity contribution is 5.17. The number of hydrogen-bond donors (Lipinski definition) is 1. The van der Waals surface area contributed by atoms with Crippen molar-refractivity contribution in [3.05, 3.63) is 35.6 Å². The molecule has 0 radical (unpaired) electrons. The van der Waals surface area contributed by atoms with Crippen molar-refractivity contribution in [1.82, 2.24) is 5.32 Å². The van der Waals surface area contributed by atoms with Gasteiger partial charge in [0.15, 0.2) is 0 Å². The predicted octanol–water partition coefficient (Wildman–Crippen LogP) is 2.71. The lowest BCUT2D eigenvalue weighted by molar-refractivity contribution is 0.418. The van der Waals surface area contributed by atoms with Crippen LogP contribution in [0.15, 0.2) is 24.3 Å². The van der Waals surface area contributed by atoms with E-state index < -0.39 is 0 Å². The average Bonchev–Trinajstić information content (AvgIpc) is 2.01. The van der Waals surface area contributed by atoms with E-state index in [0.717, 1.165) is 5.56 Å². The first-order valence-electron chi connectivity index (χ1n) is 4.47. The number of benzene rings is 1. The van der Waals surface area contributed by atoms with Crippen LogP contribution in [0.1, 0.15) is 26.3 Å². The molecule has 0 saturated heterocycles. The Morgan fingerprint density at radius 1 is 1.23 bits per heavy atom. The van der Waals surface area contributed by atoms with E-state index in [-0.39, 0.29) is 11.4 Å². The molecule has 1 aromatic carbocycles. The molecular formula is C11H16FN. The largest absolute Gasteiger partial charge is 0.308 e. The molecule has 13 heavy (non-hydrogen) atoms. The molecule has 0 amide bonds. The van der Waals surface area contributed by atoms with E-state index in [2.05, 4.69) is 26.1 Å². The van der Waals surface area contributed by atoms with Gasteiger partial charge in [0.1, 0.15) is 5.82 Å². The fourth-order valence-electron chi connectivity index (χ4n) is 1.00. The molecule has 1 aromatic rings. The number of halogens is 1. The van der Waals surface area contributed by atoms with Crippen molar-refractivity contribution in [2.24, 2.45) is 0 Å². The normalized spacial score (nSPS) is 11.7. The maximum absolute atomic E-state index is 13.1. The maximum Gasteiger partial charge on any atom is 0.127 e. The molecule has 0 aliphatic rings. The van der Waals surface area contributed by atoms with Crippen molar-refractivity contribution in [2.75, 3.05) is 0 Å². The Bertz CT molecular complexity index is 276. The van der Waals surface area contributed by atoms with Gasteiger partial charge >= 0.3 is 0 Å². The van der Waals surface area contributed by atoms with Crippen LogP contribution in [0.4, 0.5) is 4.39 Å². The first-order valence-corrected chi connectivity index (χ1v) is 4.47. The SMILES string of the molecule is CC(C)(C)NCc1ccccc1F. The fourth-order valence-corrected chi connectivity index (χ4v) is 1.00. The van der Waals surface area contributed by atoms with Crippen LogP contribution in [0.5, 0.6) is 0 Å². The minimum atomic E-state index is -0.140. The lowest BCUT2D eigenvalue weighted by atomic mass is 10.1. The van der Waals surface area contributed by atoms with E-state index in [0.29, 0.717) is 6.54 Å². The zero-order chi connectivity index (χ0) is 9.90. The summed E-state index contributed by atoms with van der Waals surface area (Å²) >= 11 is 0. The summed E-state index contributed by atoms with van der Waals surface area (Å²) in [7, 11) is 0. The summed E-state index contributed by atoms with van der Waals surface area (Å²) in [5.41, 5.74) is 0.750. The summed E-state index contributed by atoms with van der Waals surface area (Å²) in [5, 5.41) is 3.24. The lowest BCUT2D eigenvalue weighted by Gasteiger charge is -2.20. The molecule has 1 N–H and O–H groups in total. The third-order valence-electron chi connectivity index (χ3n) is 1.77. The van der Waals surface area contributed by atoms with Crippen LogP contribution >= 0.6 is 0 Å². The van der Waals surface area contributed by atoms with Crippen molar-refractivity contribution in [2.45, 2.75) is 32.9 Å². The molecule has 0 aliphatic carbocycles. The van der Waals surface area contributed by atoms with Crippen LogP contribution in [-0.4, -0.2) is 5.54 Å². The summed E-state index contributed by atoms with van der Waals surface area (Å²) in [6.45, 7) is 6.77. The minimum Gasteiger partial charge on any atom is -0.308 e. The summed E-state index contributed by atoms with van der Waals surface area (Å²) in [4.78, 5) is 0. The smallest absolute Gasteiger partial charge is 0.127 e. The molecule has 0 spiro atoms. The molecule has 0 aromatic heterocycles. The maximum atomic E-state index is 13.1. The van der Waals surface area contributed by atoms with Gasteiger partial charge in [-0.15, -0.1) is 0 Å². The van der Waals surface area contributed by atoms with Gasteiger partial charge in [0, 0.05) is 17.6 Å². The van der Waals surface area contributed by atoms with Gasteiger partial charge < -0.3 is 5.32 Å². The molecule has 0 aliphatic heterocycles. The quantitative estimate of drug-likeness (QED) is 0.739. The second-order valence-electron chi connectivity index (χ2n) is 4.19. The van der Waals surface area contributed by atoms with E-state index in [1.165, 1.54) is 6.07 Å². The van der Waals surface area contributed by atoms with E-state index in [1.54, 1.807) is 12.1 Å². The van der Waals surface area contributed by atoms with Gasteiger partial charge in [-0.2, -0.15) is 0 Å². The van der Waals surface area contributed by atoms with Crippen LogP contribution in [0.2, 0.25) is 0 Å². The minimum absolute atomic E-state index is 0.0300. The van der Waals surface area contributed by atoms with Crippen LogP contribution < -0.4 is 5.32 Å². The van der Waals surface area contributed by atoms with Crippen LogP contribution in [0, 0.1) is 5.82 Å². The molecule has 0 fully saturated rings.